The fourth-order valence-corrected chi connectivity index (χ4v) is 3.73. The number of para-hydroxylation sites is 1. The molecule has 0 radical (unpaired) electrons. The second kappa shape index (κ2) is 6.94. The van der Waals surface area contributed by atoms with Crippen LogP contribution in [-0.4, -0.2) is 42.2 Å². The molecular formula is C16H15ClN4O4S. The lowest BCUT2D eigenvalue weighted by molar-refractivity contribution is -0.116. The molecule has 10 heteroatoms. The maximum atomic E-state index is 12.7. The van der Waals surface area contributed by atoms with Crippen molar-refractivity contribution in [3.63, 3.8) is 0 Å². The van der Waals surface area contributed by atoms with E-state index in [0.717, 1.165) is 4.31 Å². The summed E-state index contributed by atoms with van der Waals surface area (Å²) >= 11 is 5.97. The fraction of sp³-hybridized carbons (Fsp3) is 0.125. The molecule has 3 rings (SSSR count). The predicted octanol–water partition coefficient (Wildman–Crippen LogP) is 1.77. The number of halogens is 1. The number of rotatable bonds is 5. The summed E-state index contributed by atoms with van der Waals surface area (Å²) in [5, 5.41) is 2.92. The number of nitrogens with one attached hydrogen (secondary N) is 3. The van der Waals surface area contributed by atoms with E-state index in [1.807, 2.05) is 0 Å². The number of imidazole rings is 1. The Morgan fingerprint density at radius 1 is 1.15 bits per heavy atom. The van der Waals surface area contributed by atoms with Gasteiger partial charge in [0.2, 0.25) is 15.9 Å². The largest absolute Gasteiger partial charge is 0.324 e. The van der Waals surface area contributed by atoms with Crippen LogP contribution in [0.2, 0.25) is 5.02 Å². The summed E-state index contributed by atoms with van der Waals surface area (Å²) in [6.45, 7) is -0.394. The highest BCUT2D eigenvalue weighted by atomic mass is 35.5. The second-order valence-electron chi connectivity index (χ2n) is 5.58. The number of fused-ring (bicyclic) bond motifs is 1. The number of hydrogen-bond acceptors (Lipinski definition) is 4. The average molecular weight is 395 g/mol. The van der Waals surface area contributed by atoms with Gasteiger partial charge in [0.15, 0.2) is 0 Å². The van der Waals surface area contributed by atoms with Gasteiger partial charge >= 0.3 is 5.69 Å². The van der Waals surface area contributed by atoms with Crippen molar-refractivity contribution in [3.05, 3.63) is 58.0 Å². The highest BCUT2D eigenvalue weighted by Gasteiger charge is 2.23. The van der Waals surface area contributed by atoms with Crippen molar-refractivity contribution < 1.29 is 13.2 Å². The lowest BCUT2D eigenvalue weighted by Gasteiger charge is -2.17. The van der Waals surface area contributed by atoms with Crippen molar-refractivity contribution in [1.29, 1.82) is 0 Å². The van der Waals surface area contributed by atoms with E-state index in [0.29, 0.717) is 21.7 Å². The van der Waals surface area contributed by atoms with Crippen molar-refractivity contribution in [3.8, 4) is 0 Å². The number of aromatic amines is 2. The Morgan fingerprint density at radius 2 is 1.85 bits per heavy atom. The Labute approximate surface area is 153 Å². The molecule has 1 heterocycles. The van der Waals surface area contributed by atoms with Gasteiger partial charge < -0.3 is 15.3 Å². The summed E-state index contributed by atoms with van der Waals surface area (Å²) in [7, 11) is -2.62. The van der Waals surface area contributed by atoms with Crippen molar-refractivity contribution >= 4 is 44.3 Å². The summed E-state index contributed by atoms with van der Waals surface area (Å²) in [5.41, 5.74) is 0.830. The SMILES string of the molecule is CN(CC(=O)Nc1ccccc1Cl)S(=O)(=O)c1ccc2[nH]c(=O)[nH]c2c1. The van der Waals surface area contributed by atoms with E-state index >= 15 is 0 Å². The smallest absolute Gasteiger partial charge is 0.323 e. The van der Waals surface area contributed by atoms with Gasteiger partial charge in [0.1, 0.15) is 0 Å². The topological polar surface area (TPSA) is 115 Å². The first-order valence-electron chi connectivity index (χ1n) is 7.50. The molecule has 136 valence electrons. The highest BCUT2D eigenvalue weighted by molar-refractivity contribution is 7.89. The van der Waals surface area contributed by atoms with Crippen LogP contribution in [0.15, 0.2) is 52.2 Å². The van der Waals surface area contributed by atoms with Crippen LogP contribution < -0.4 is 11.0 Å². The number of amides is 1. The van der Waals surface area contributed by atoms with E-state index in [2.05, 4.69) is 15.3 Å². The zero-order valence-electron chi connectivity index (χ0n) is 13.6. The molecule has 0 aliphatic carbocycles. The normalized spacial score (nSPS) is 11.8. The maximum Gasteiger partial charge on any atom is 0.323 e. The van der Waals surface area contributed by atoms with Crippen LogP contribution in [0, 0.1) is 0 Å². The number of nitrogens with zero attached hydrogens (tertiary/aromatic N) is 1. The summed E-state index contributed by atoms with van der Waals surface area (Å²) in [6, 6.07) is 10.8. The van der Waals surface area contributed by atoms with Crippen LogP contribution in [0.1, 0.15) is 0 Å². The first-order valence-corrected chi connectivity index (χ1v) is 9.32. The minimum atomic E-state index is -3.92. The van der Waals surface area contributed by atoms with Gasteiger partial charge in [-0.1, -0.05) is 23.7 Å². The molecular weight excluding hydrogens is 380 g/mol. The predicted molar refractivity (Wildman–Crippen MR) is 98.8 cm³/mol. The van der Waals surface area contributed by atoms with Gasteiger partial charge in [-0.3, -0.25) is 4.79 Å². The van der Waals surface area contributed by atoms with Crippen LogP contribution >= 0.6 is 11.6 Å². The number of sulfonamides is 1. The van der Waals surface area contributed by atoms with Crippen LogP contribution in [0.25, 0.3) is 11.0 Å². The molecule has 0 unspecified atom stereocenters. The van der Waals surface area contributed by atoms with Crippen LogP contribution in [0.3, 0.4) is 0 Å². The minimum Gasteiger partial charge on any atom is -0.324 e. The van der Waals surface area contributed by atoms with Crippen molar-refractivity contribution in [1.82, 2.24) is 14.3 Å². The minimum absolute atomic E-state index is 0.0340. The number of carbonyl (C=O) groups is 1. The molecule has 0 spiro atoms. The van der Waals surface area contributed by atoms with E-state index in [-0.39, 0.29) is 4.90 Å². The summed E-state index contributed by atoms with van der Waals surface area (Å²) in [5.74, 6) is -0.527. The van der Waals surface area contributed by atoms with E-state index in [4.69, 9.17) is 11.6 Å². The molecule has 0 atom stereocenters. The van der Waals surface area contributed by atoms with Crippen LogP contribution in [-0.2, 0) is 14.8 Å². The maximum absolute atomic E-state index is 12.7. The molecule has 1 amide bonds. The van der Waals surface area contributed by atoms with Gasteiger partial charge in [-0.25, -0.2) is 13.2 Å². The third-order valence-corrected chi connectivity index (χ3v) is 5.84. The number of H-pyrrole nitrogens is 2. The lowest BCUT2D eigenvalue weighted by atomic mass is 10.3. The lowest BCUT2D eigenvalue weighted by Crippen LogP contribution is -2.35. The number of carbonyl (C=O) groups excluding carboxylic acids is 1. The van der Waals surface area contributed by atoms with E-state index < -0.39 is 28.2 Å². The van der Waals surface area contributed by atoms with Crippen LogP contribution in [0.4, 0.5) is 5.69 Å². The summed E-state index contributed by atoms with van der Waals surface area (Å²) in [4.78, 5) is 28.4. The van der Waals surface area contributed by atoms with E-state index in [9.17, 15) is 18.0 Å². The zero-order chi connectivity index (χ0) is 18.9. The van der Waals surface area contributed by atoms with Gasteiger partial charge in [-0.15, -0.1) is 0 Å². The standard InChI is InChI=1S/C16H15ClN4O4S/c1-21(9-15(22)18-12-5-3-2-4-11(12)17)26(24,25)10-6-7-13-14(8-10)20-16(23)19-13/h2-8H,9H2,1H3,(H,18,22)(H2,19,20,23). The number of benzene rings is 2. The Hall–Kier alpha value is -2.62. The summed E-state index contributed by atoms with van der Waals surface area (Å²) in [6.07, 6.45) is 0. The second-order valence-corrected chi connectivity index (χ2v) is 8.03. The monoisotopic (exact) mass is 394 g/mol. The average Bonchev–Trinajstić information content (AvgIpc) is 2.96. The molecule has 1 aromatic heterocycles. The van der Waals surface area contributed by atoms with E-state index in [1.54, 1.807) is 24.3 Å². The summed E-state index contributed by atoms with van der Waals surface area (Å²) < 4.78 is 26.2. The van der Waals surface area contributed by atoms with Crippen molar-refractivity contribution in [2.45, 2.75) is 4.90 Å². The Morgan fingerprint density at radius 3 is 2.58 bits per heavy atom. The molecule has 0 fully saturated rings. The first-order chi connectivity index (χ1) is 12.3. The molecule has 0 aliphatic rings. The Balaban J connectivity index is 1.78. The first kappa shape index (κ1) is 18.2. The molecule has 8 nitrogen and oxygen atoms in total. The molecule has 0 saturated carbocycles. The quantitative estimate of drug-likeness (QED) is 0.611. The molecule has 3 N–H and O–H groups in total. The molecule has 0 saturated heterocycles. The van der Waals surface area contributed by atoms with E-state index in [1.165, 1.54) is 25.2 Å². The van der Waals surface area contributed by atoms with Gasteiger partial charge in [0.05, 0.1) is 33.2 Å². The highest BCUT2D eigenvalue weighted by Crippen LogP contribution is 2.21. The third kappa shape index (κ3) is 3.64. The number of hydrogen-bond donors (Lipinski definition) is 3. The number of aromatic nitrogens is 2. The molecule has 0 bridgehead atoms. The number of anilines is 1. The van der Waals surface area contributed by atoms with Gasteiger partial charge in [-0.05, 0) is 30.3 Å². The molecule has 26 heavy (non-hydrogen) atoms. The molecule has 2 aromatic carbocycles. The van der Waals surface area contributed by atoms with Gasteiger partial charge in [0, 0.05) is 7.05 Å². The van der Waals surface area contributed by atoms with Crippen molar-refractivity contribution in [2.75, 3.05) is 18.9 Å². The van der Waals surface area contributed by atoms with Gasteiger partial charge in [-0.2, -0.15) is 4.31 Å². The molecule has 3 aromatic rings. The molecule has 0 aliphatic heterocycles. The Bertz CT molecular complexity index is 1140. The van der Waals surface area contributed by atoms with Gasteiger partial charge in [0.25, 0.3) is 0 Å². The third-order valence-electron chi connectivity index (χ3n) is 3.71. The zero-order valence-corrected chi connectivity index (χ0v) is 15.2. The van der Waals surface area contributed by atoms with Crippen molar-refractivity contribution in [2.24, 2.45) is 0 Å². The fourth-order valence-electron chi connectivity index (χ4n) is 2.39. The Kier molecular flexibility index (Phi) is 4.86. The number of likely N-dealkylation sites (N-methyl/N-ethyl adjacent to an activating group) is 1. The van der Waals surface area contributed by atoms with Crippen LogP contribution in [0.5, 0.6) is 0 Å².